The minimum absolute atomic E-state index is 0.0532. The first-order chi connectivity index (χ1) is 3.18. The molecule has 0 fully saturated rings. The van der Waals surface area contributed by atoms with Crippen molar-refractivity contribution < 1.29 is 4.79 Å². The van der Waals surface area contributed by atoms with Crippen LogP contribution in [0, 0.1) is 0 Å². The summed E-state index contributed by atoms with van der Waals surface area (Å²) in [5.41, 5.74) is 10.1. The van der Waals surface area contributed by atoms with Crippen LogP contribution in [0.4, 0.5) is 0 Å². The number of carbonyl (C=O) groups excluding carboxylic acids is 1. The summed E-state index contributed by atoms with van der Waals surface area (Å²) in [4.78, 5) is 10.3. The van der Waals surface area contributed by atoms with Crippen molar-refractivity contribution in [2.24, 2.45) is 11.5 Å². The Morgan fingerprint density at radius 3 is 2.29 bits per heavy atom. The van der Waals surface area contributed by atoms with Crippen LogP contribution < -0.4 is 11.5 Å². The monoisotopic (exact) mass is 102 g/mol. The lowest BCUT2D eigenvalue weighted by atomic mass is 10.2. The number of carbonyl (C=O) groups is 1. The zero-order valence-corrected chi connectivity index (χ0v) is 4.35. The van der Waals surface area contributed by atoms with E-state index >= 15 is 0 Å². The zero-order valence-electron chi connectivity index (χ0n) is 4.35. The van der Waals surface area contributed by atoms with Gasteiger partial charge in [0.25, 0.3) is 0 Å². The summed E-state index contributed by atoms with van der Waals surface area (Å²) in [6, 6.07) is -0.398. The molecule has 0 spiro atoms. The van der Waals surface area contributed by atoms with E-state index in [2.05, 4.69) is 0 Å². The Morgan fingerprint density at radius 2 is 2.29 bits per heavy atom. The van der Waals surface area contributed by atoms with Gasteiger partial charge in [-0.3, -0.25) is 4.79 Å². The average molecular weight is 102 g/mol. The average Bonchev–Trinajstić information content (AvgIpc) is 1.65. The number of rotatable bonds is 2. The number of nitrogens with two attached hydrogens (primary N) is 2. The standard InChI is InChI=1S/C4H10N2O/c1-3(6)4(7)2-5/h3H,2,5-6H2,1H3/t3-/m1/s1. The van der Waals surface area contributed by atoms with Crippen LogP contribution in [0.5, 0.6) is 0 Å². The molecule has 0 aliphatic rings. The summed E-state index contributed by atoms with van der Waals surface area (Å²) in [5.74, 6) is -0.0972. The van der Waals surface area contributed by atoms with E-state index in [1.54, 1.807) is 6.92 Å². The van der Waals surface area contributed by atoms with Gasteiger partial charge in [0, 0.05) is 0 Å². The van der Waals surface area contributed by atoms with E-state index in [1.165, 1.54) is 0 Å². The van der Waals surface area contributed by atoms with E-state index in [-0.39, 0.29) is 12.3 Å². The fourth-order valence-corrected chi connectivity index (χ4v) is 0.186. The first-order valence-corrected chi connectivity index (χ1v) is 2.17. The smallest absolute Gasteiger partial charge is 0.162 e. The first kappa shape index (κ1) is 6.59. The lowest BCUT2D eigenvalue weighted by molar-refractivity contribution is -0.118. The molecule has 1 atom stereocenters. The Balaban J connectivity index is 3.35. The molecule has 0 saturated carbocycles. The van der Waals surface area contributed by atoms with E-state index in [0.717, 1.165) is 0 Å². The Kier molecular flexibility index (Phi) is 2.55. The second kappa shape index (κ2) is 2.71. The molecule has 4 N–H and O–H groups in total. The lowest BCUT2D eigenvalue weighted by Crippen LogP contribution is -2.32. The minimum atomic E-state index is -0.398. The molecule has 0 aromatic rings. The van der Waals surface area contributed by atoms with Gasteiger partial charge in [-0.2, -0.15) is 0 Å². The Hall–Kier alpha value is -0.410. The number of hydrogen-bond donors (Lipinski definition) is 2. The molecule has 0 amide bonds. The molecule has 7 heavy (non-hydrogen) atoms. The predicted octanol–water partition coefficient (Wildman–Crippen LogP) is -1.14. The summed E-state index contributed by atoms with van der Waals surface area (Å²) in [6.07, 6.45) is 0. The maximum Gasteiger partial charge on any atom is 0.162 e. The van der Waals surface area contributed by atoms with Crippen molar-refractivity contribution in [1.29, 1.82) is 0 Å². The van der Waals surface area contributed by atoms with Gasteiger partial charge in [0.05, 0.1) is 12.6 Å². The van der Waals surface area contributed by atoms with Crippen LogP contribution in [-0.2, 0) is 4.79 Å². The van der Waals surface area contributed by atoms with E-state index < -0.39 is 6.04 Å². The summed E-state index contributed by atoms with van der Waals surface area (Å²) >= 11 is 0. The predicted molar refractivity (Wildman–Crippen MR) is 27.7 cm³/mol. The minimum Gasteiger partial charge on any atom is -0.324 e. The molecular weight excluding hydrogens is 92.1 g/mol. The maximum absolute atomic E-state index is 10.3. The first-order valence-electron chi connectivity index (χ1n) is 2.17. The molecule has 0 unspecified atom stereocenters. The highest BCUT2D eigenvalue weighted by atomic mass is 16.1. The molecular formula is C4H10N2O. The number of ketones is 1. The van der Waals surface area contributed by atoms with E-state index in [1.807, 2.05) is 0 Å². The van der Waals surface area contributed by atoms with Gasteiger partial charge < -0.3 is 11.5 Å². The highest BCUT2D eigenvalue weighted by Gasteiger charge is 2.01. The summed E-state index contributed by atoms with van der Waals surface area (Å²) in [6.45, 7) is 1.67. The van der Waals surface area contributed by atoms with Crippen LogP contribution in [0.15, 0.2) is 0 Å². The maximum atomic E-state index is 10.3. The van der Waals surface area contributed by atoms with Gasteiger partial charge in [0.15, 0.2) is 5.78 Å². The second-order valence-electron chi connectivity index (χ2n) is 1.46. The van der Waals surface area contributed by atoms with Crippen LogP contribution in [0.3, 0.4) is 0 Å². The lowest BCUT2D eigenvalue weighted by Gasteiger charge is -1.96. The molecule has 0 rings (SSSR count). The van der Waals surface area contributed by atoms with Crippen molar-refractivity contribution in [2.45, 2.75) is 13.0 Å². The molecule has 3 nitrogen and oxygen atoms in total. The molecule has 0 aromatic heterocycles. The van der Waals surface area contributed by atoms with Crippen LogP contribution in [0.2, 0.25) is 0 Å². The van der Waals surface area contributed by atoms with Crippen molar-refractivity contribution in [3.63, 3.8) is 0 Å². The topological polar surface area (TPSA) is 69.1 Å². The van der Waals surface area contributed by atoms with Gasteiger partial charge in [0.2, 0.25) is 0 Å². The third kappa shape index (κ3) is 2.31. The van der Waals surface area contributed by atoms with Crippen LogP contribution in [0.25, 0.3) is 0 Å². The van der Waals surface area contributed by atoms with Crippen LogP contribution in [0.1, 0.15) is 6.92 Å². The molecule has 0 aliphatic carbocycles. The van der Waals surface area contributed by atoms with E-state index in [4.69, 9.17) is 11.5 Å². The van der Waals surface area contributed by atoms with Gasteiger partial charge in [0.1, 0.15) is 0 Å². The number of hydrogen-bond acceptors (Lipinski definition) is 3. The third-order valence-corrected chi connectivity index (χ3v) is 0.709. The van der Waals surface area contributed by atoms with Gasteiger partial charge in [-0.1, -0.05) is 0 Å². The van der Waals surface area contributed by atoms with E-state index in [9.17, 15) is 4.79 Å². The van der Waals surface area contributed by atoms with Gasteiger partial charge in [-0.25, -0.2) is 0 Å². The summed E-state index contributed by atoms with van der Waals surface area (Å²) in [7, 11) is 0. The Morgan fingerprint density at radius 1 is 1.86 bits per heavy atom. The molecule has 3 heteroatoms. The largest absolute Gasteiger partial charge is 0.324 e. The van der Waals surface area contributed by atoms with Crippen molar-refractivity contribution in [3.05, 3.63) is 0 Å². The van der Waals surface area contributed by atoms with Gasteiger partial charge in [-0.05, 0) is 6.92 Å². The molecule has 0 aliphatic heterocycles. The fourth-order valence-electron chi connectivity index (χ4n) is 0.186. The SMILES string of the molecule is C[C@@H](N)C(=O)CN. The number of Topliss-reactive ketones (excluding diaryl/α,β-unsaturated/α-hetero) is 1. The van der Waals surface area contributed by atoms with Gasteiger partial charge >= 0.3 is 0 Å². The van der Waals surface area contributed by atoms with Crippen molar-refractivity contribution >= 4 is 5.78 Å². The van der Waals surface area contributed by atoms with Crippen molar-refractivity contribution in [1.82, 2.24) is 0 Å². The van der Waals surface area contributed by atoms with Crippen LogP contribution >= 0.6 is 0 Å². The summed E-state index contributed by atoms with van der Waals surface area (Å²) < 4.78 is 0. The molecule has 42 valence electrons. The normalized spacial score (nSPS) is 13.6. The third-order valence-electron chi connectivity index (χ3n) is 0.709. The Labute approximate surface area is 42.7 Å². The molecule has 0 aromatic carbocycles. The molecule has 0 saturated heterocycles. The molecule has 0 radical (unpaired) electrons. The highest BCUT2D eigenvalue weighted by molar-refractivity contribution is 5.84. The summed E-state index contributed by atoms with van der Waals surface area (Å²) in [5, 5.41) is 0. The Bertz CT molecular complexity index is 70.1. The zero-order chi connectivity index (χ0) is 5.86. The van der Waals surface area contributed by atoms with Gasteiger partial charge in [-0.15, -0.1) is 0 Å². The van der Waals surface area contributed by atoms with Crippen LogP contribution in [-0.4, -0.2) is 18.4 Å². The van der Waals surface area contributed by atoms with Crippen molar-refractivity contribution in [2.75, 3.05) is 6.54 Å². The molecule has 0 heterocycles. The quantitative estimate of drug-likeness (QED) is 0.463. The van der Waals surface area contributed by atoms with E-state index in [0.29, 0.717) is 0 Å². The fraction of sp³-hybridized carbons (Fsp3) is 0.750. The van der Waals surface area contributed by atoms with Crippen molar-refractivity contribution in [3.8, 4) is 0 Å². The molecule has 0 bridgehead atoms. The highest BCUT2D eigenvalue weighted by Crippen LogP contribution is 1.72. The second-order valence-corrected chi connectivity index (χ2v) is 1.46.